The summed E-state index contributed by atoms with van der Waals surface area (Å²) >= 11 is 0. The van der Waals surface area contributed by atoms with Crippen LogP contribution in [0.1, 0.15) is 20.8 Å². The molecular weight excluding hydrogens is 192 g/mol. The van der Waals surface area contributed by atoms with Crippen LogP contribution in [0.5, 0.6) is 5.88 Å². The van der Waals surface area contributed by atoms with E-state index < -0.39 is 0 Å². The fraction of sp³-hybridized carbons (Fsp3) is 0.600. The number of rotatable bonds is 4. The first-order valence-corrected chi connectivity index (χ1v) is 4.98. The van der Waals surface area contributed by atoms with Crippen molar-refractivity contribution >= 4 is 11.8 Å². The Morgan fingerprint density at radius 3 is 2.53 bits per heavy atom. The zero-order chi connectivity index (χ0) is 11.4. The van der Waals surface area contributed by atoms with E-state index in [1.807, 2.05) is 0 Å². The van der Waals surface area contributed by atoms with E-state index in [0.29, 0.717) is 23.7 Å². The number of hydrogen-bond donors (Lipinski definition) is 2. The van der Waals surface area contributed by atoms with Gasteiger partial charge in [0.1, 0.15) is 5.82 Å². The molecule has 0 saturated carbocycles. The maximum atomic E-state index is 5.54. The number of methoxy groups -OCH3 is 1. The lowest BCUT2D eigenvalue weighted by molar-refractivity contribution is 0.398. The van der Waals surface area contributed by atoms with Gasteiger partial charge in [-0.05, 0) is 12.8 Å². The average Bonchev–Trinajstić information content (AvgIpc) is 2.16. The van der Waals surface area contributed by atoms with E-state index in [1.165, 1.54) is 0 Å². The summed E-state index contributed by atoms with van der Waals surface area (Å²) in [6.07, 6.45) is 0. The monoisotopic (exact) mass is 210 g/mol. The molecule has 0 bridgehead atoms. The van der Waals surface area contributed by atoms with E-state index in [1.54, 1.807) is 13.2 Å². The second-order valence-corrected chi connectivity index (χ2v) is 3.83. The number of nitrogen functional groups attached to an aromatic ring is 1. The maximum Gasteiger partial charge on any atom is 0.225 e. The number of hydrogen-bond acceptors (Lipinski definition) is 5. The smallest absolute Gasteiger partial charge is 0.225 e. The Balaban J connectivity index is 2.80. The largest absolute Gasteiger partial charge is 0.481 e. The lowest BCUT2D eigenvalue weighted by atomic mass is 10.1. The van der Waals surface area contributed by atoms with Crippen molar-refractivity contribution in [2.45, 2.75) is 26.8 Å². The molecule has 5 nitrogen and oxygen atoms in total. The van der Waals surface area contributed by atoms with Gasteiger partial charge in [0, 0.05) is 12.1 Å². The molecule has 0 amide bonds. The maximum absolute atomic E-state index is 5.54. The second-order valence-electron chi connectivity index (χ2n) is 3.83. The Morgan fingerprint density at radius 1 is 1.33 bits per heavy atom. The van der Waals surface area contributed by atoms with Crippen LogP contribution in [0.25, 0.3) is 0 Å². The third kappa shape index (κ3) is 3.27. The number of nitrogens with zero attached hydrogens (tertiary/aromatic N) is 2. The molecule has 84 valence electrons. The van der Waals surface area contributed by atoms with Crippen LogP contribution in [0.3, 0.4) is 0 Å². The van der Waals surface area contributed by atoms with E-state index in [4.69, 9.17) is 10.5 Å². The van der Waals surface area contributed by atoms with E-state index in [2.05, 4.69) is 36.1 Å². The summed E-state index contributed by atoms with van der Waals surface area (Å²) in [5.74, 6) is 1.90. The van der Waals surface area contributed by atoms with Crippen LogP contribution < -0.4 is 15.8 Å². The summed E-state index contributed by atoms with van der Waals surface area (Å²) in [7, 11) is 1.55. The van der Waals surface area contributed by atoms with Gasteiger partial charge in [-0.15, -0.1) is 0 Å². The Bertz CT molecular complexity index is 327. The molecular formula is C10H18N4O. The first kappa shape index (κ1) is 11.6. The molecule has 0 aliphatic carbocycles. The van der Waals surface area contributed by atoms with Gasteiger partial charge in [-0.3, -0.25) is 0 Å². The highest BCUT2D eigenvalue weighted by atomic mass is 16.5. The summed E-state index contributed by atoms with van der Waals surface area (Å²) in [6.45, 7) is 6.37. The fourth-order valence-electron chi connectivity index (χ4n) is 1.02. The molecule has 1 rings (SSSR count). The van der Waals surface area contributed by atoms with E-state index in [9.17, 15) is 0 Å². The van der Waals surface area contributed by atoms with Crippen molar-refractivity contribution in [1.82, 2.24) is 9.97 Å². The van der Waals surface area contributed by atoms with Crippen LogP contribution in [0.4, 0.5) is 11.8 Å². The Morgan fingerprint density at radius 2 is 2.00 bits per heavy atom. The molecule has 0 spiro atoms. The standard InChI is InChI=1S/C10H18N4O/c1-6(2)7(3)12-8-5-9(15-4)14-10(11)13-8/h5-7H,1-4H3,(H3,11,12,13,14). The Kier molecular flexibility index (Phi) is 3.71. The molecule has 1 heterocycles. The first-order chi connectivity index (χ1) is 7.02. The van der Waals surface area contributed by atoms with Crippen molar-refractivity contribution in [1.29, 1.82) is 0 Å². The number of ether oxygens (including phenoxy) is 1. The normalized spacial score (nSPS) is 12.6. The van der Waals surface area contributed by atoms with E-state index in [-0.39, 0.29) is 5.95 Å². The molecule has 0 aliphatic heterocycles. The SMILES string of the molecule is COc1cc(NC(C)C(C)C)nc(N)n1. The van der Waals surface area contributed by atoms with Gasteiger partial charge in [-0.2, -0.15) is 9.97 Å². The molecule has 1 unspecified atom stereocenters. The van der Waals surface area contributed by atoms with Gasteiger partial charge in [0.25, 0.3) is 0 Å². The topological polar surface area (TPSA) is 73.1 Å². The van der Waals surface area contributed by atoms with Gasteiger partial charge < -0.3 is 15.8 Å². The number of aromatic nitrogens is 2. The van der Waals surface area contributed by atoms with Crippen molar-refractivity contribution in [2.24, 2.45) is 5.92 Å². The summed E-state index contributed by atoms with van der Waals surface area (Å²) in [5, 5.41) is 3.25. The zero-order valence-corrected chi connectivity index (χ0v) is 9.61. The minimum Gasteiger partial charge on any atom is -0.481 e. The molecule has 0 radical (unpaired) electrons. The van der Waals surface area contributed by atoms with Crippen LogP contribution >= 0.6 is 0 Å². The molecule has 15 heavy (non-hydrogen) atoms. The van der Waals surface area contributed by atoms with E-state index >= 15 is 0 Å². The average molecular weight is 210 g/mol. The lowest BCUT2D eigenvalue weighted by Crippen LogP contribution is -2.22. The molecule has 1 aromatic heterocycles. The van der Waals surface area contributed by atoms with Gasteiger partial charge in [0.15, 0.2) is 0 Å². The quantitative estimate of drug-likeness (QED) is 0.788. The van der Waals surface area contributed by atoms with Crippen molar-refractivity contribution in [3.8, 4) is 5.88 Å². The molecule has 3 N–H and O–H groups in total. The van der Waals surface area contributed by atoms with Gasteiger partial charge in [-0.1, -0.05) is 13.8 Å². The van der Waals surface area contributed by atoms with Crippen LogP contribution in [0.2, 0.25) is 0 Å². The molecule has 1 aromatic rings. The van der Waals surface area contributed by atoms with Crippen LogP contribution in [-0.4, -0.2) is 23.1 Å². The number of nitrogens with one attached hydrogen (secondary N) is 1. The number of anilines is 2. The number of nitrogens with two attached hydrogens (primary N) is 1. The second kappa shape index (κ2) is 4.82. The highest BCUT2D eigenvalue weighted by Crippen LogP contribution is 2.16. The zero-order valence-electron chi connectivity index (χ0n) is 9.61. The predicted molar refractivity (Wildman–Crippen MR) is 60.9 cm³/mol. The third-order valence-electron chi connectivity index (χ3n) is 2.30. The Labute approximate surface area is 90.1 Å². The van der Waals surface area contributed by atoms with Crippen LogP contribution in [0, 0.1) is 5.92 Å². The molecule has 0 saturated heterocycles. The highest BCUT2D eigenvalue weighted by Gasteiger charge is 2.09. The lowest BCUT2D eigenvalue weighted by Gasteiger charge is -2.18. The van der Waals surface area contributed by atoms with Crippen LogP contribution in [-0.2, 0) is 0 Å². The van der Waals surface area contributed by atoms with Crippen LogP contribution in [0.15, 0.2) is 6.07 Å². The van der Waals surface area contributed by atoms with E-state index in [0.717, 1.165) is 0 Å². The predicted octanol–water partition coefficient (Wildman–Crippen LogP) is 1.52. The Hall–Kier alpha value is -1.52. The summed E-state index contributed by atoms with van der Waals surface area (Å²) < 4.78 is 5.01. The van der Waals surface area contributed by atoms with Crippen molar-refractivity contribution in [2.75, 3.05) is 18.2 Å². The van der Waals surface area contributed by atoms with Crippen molar-refractivity contribution < 1.29 is 4.74 Å². The summed E-state index contributed by atoms with van der Waals surface area (Å²) in [4.78, 5) is 7.99. The van der Waals surface area contributed by atoms with Gasteiger partial charge in [-0.25, -0.2) is 0 Å². The minimum atomic E-state index is 0.216. The highest BCUT2D eigenvalue weighted by molar-refractivity contribution is 5.43. The molecule has 1 atom stereocenters. The summed E-state index contributed by atoms with van der Waals surface area (Å²) in [5.41, 5.74) is 5.54. The molecule has 5 heteroatoms. The fourth-order valence-corrected chi connectivity index (χ4v) is 1.02. The molecule has 0 aromatic carbocycles. The minimum absolute atomic E-state index is 0.216. The first-order valence-electron chi connectivity index (χ1n) is 4.98. The van der Waals surface area contributed by atoms with Gasteiger partial charge >= 0.3 is 0 Å². The third-order valence-corrected chi connectivity index (χ3v) is 2.30. The molecule has 0 fully saturated rings. The van der Waals surface area contributed by atoms with Gasteiger partial charge in [0.05, 0.1) is 7.11 Å². The van der Waals surface area contributed by atoms with Gasteiger partial charge in [0.2, 0.25) is 11.8 Å². The summed E-state index contributed by atoms with van der Waals surface area (Å²) in [6, 6.07) is 2.05. The molecule has 0 aliphatic rings. The van der Waals surface area contributed by atoms with Crippen molar-refractivity contribution in [3.63, 3.8) is 0 Å². The van der Waals surface area contributed by atoms with Crippen molar-refractivity contribution in [3.05, 3.63) is 6.07 Å².